The number of fused-ring (bicyclic) bond motifs is 1. The minimum Gasteiger partial charge on any atom is -0.479 e. The van der Waals surface area contributed by atoms with Gasteiger partial charge in [0.2, 0.25) is 11.8 Å². The number of carboxylic acids is 1. The molecule has 6 nitrogen and oxygen atoms in total. The number of carbonyl (C=O) groups excluding carboxylic acids is 2. The van der Waals surface area contributed by atoms with Crippen LogP contribution >= 0.6 is 0 Å². The lowest BCUT2D eigenvalue weighted by molar-refractivity contribution is -0.142. The Bertz CT molecular complexity index is 786. The van der Waals surface area contributed by atoms with Crippen molar-refractivity contribution >= 4 is 28.6 Å². The number of carbonyl (C=O) groups is 3. The van der Waals surface area contributed by atoms with Gasteiger partial charge in [0.15, 0.2) is 6.04 Å². The molecule has 0 aliphatic heterocycles. The molecule has 6 heteroatoms. The standard InChI is InChI=1S/C19H22N2O4/c1-21(2)17(23)9-5-8-16(22)20-18(19(24)25)15-11-10-13-6-3-4-7-14(13)12-15/h3-4,6-7,10-12,18H,5,8-9H2,1-2H3,(H,20,22)(H,24,25). The second-order valence-electron chi connectivity index (χ2n) is 6.09. The van der Waals surface area contributed by atoms with E-state index in [0.29, 0.717) is 12.0 Å². The monoisotopic (exact) mass is 342 g/mol. The molecule has 0 bridgehead atoms. The molecule has 1 unspecified atom stereocenters. The third-order valence-electron chi connectivity index (χ3n) is 3.95. The van der Waals surface area contributed by atoms with Crippen LogP contribution < -0.4 is 5.32 Å². The van der Waals surface area contributed by atoms with Crippen LogP contribution in [-0.4, -0.2) is 41.9 Å². The lowest BCUT2D eigenvalue weighted by atomic mass is 10.0. The Balaban J connectivity index is 2.03. The number of nitrogens with zero attached hydrogens (tertiary/aromatic N) is 1. The van der Waals surface area contributed by atoms with E-state index < -0.39 is 12.0 Å². The van der Waals surface area contributed by atoms with Crippen molar-refractivity contribution in [2.75, 3.05) is 14.1 Å². The van der Waals surface area contributed by atoms with Gasteiger partial charge in [0.25, 0.3) is 0 Å². The van der Waals surface area contributed by atoms with Gasteiger partial charge in [-0.25, -0.2) is 4.79 Å². The van der Waals surface area contributed by atoms with Crippen LogP contribution in [0.4, 0.5) is 0 Å². The number of hydrogen-bond donors (Lipinski definition) is 2. The molecule has 0 saturated carbocycles. The molecule has 132 valence electrons. The number of hydrogen-bond acceptors (Lipinski definition) is 3. The van der Waals surface area contributed by atoms with Gasteiger partial charge in [-0.1, -0.05) is 36.4 Å². The molecule has 0 aliphatic carbocycles. The zero-order valence-corrected chi connectivity index (χ0v) is 14.4. The van der Waals surface area contributed by atoms with Gasteiger partial charge in [-0.3, -0.25) is 9.59 Å². The summed E-state index contributed by atoms with van der Waals surface area (Å²) in [6.45, 7) is 0. The van der Waals surface area contributed by atoms with Crippen molar-refractivity contribution in [3.05, 3.63) is 48.0 Å². The molecule has 2 aromatic carbocycles. The van der Waals surface area contributed by atoms with Gasteiger partial charge < -0.3 is 15.3 Å². The van der Waals surface area contributed by atoms with Crippen LogP contribution in [-0.2, 0) is 14.4 Å². The van der Waals surface area contributed by atoms with Crippen LogP contribution in [0.3, 0.4) is 0 Å². The SMILES string of the molecule is CN(C)C(=O)CCCC(=O)NC(C(=O)O)c1ccc2ccccc2c1. The van der Waals surface area contributed by atoms with E-state index in [1.54, 1.807) is 26.2 Å². The maximum absolute atomic E-state index is 12.0. The lowest BCUT2D eigenvalue weighted by Gasteiger charge is -2.16. The van der Waals surface area contributed by atoms with Gasteiger partial charge in [-0.15, -0.1) is 0 Å². The van der Waals surface area contributed by atoms with Gasteiger partial charge in [0.1, 0.15) is 0 Å². The number of carboxylic acid groups (broad SMARTS) is 1. The summed E-state index contributed by atoms with van der Waals surface area (Å²) < 4.78 is 0. The first kappa shape index (κ1) is 18.4. The van der Waals surface area contributed by atoms with Crippen molar-refractivity contribution < 1.29 is 19.5 Å². The highest BCUT2D eigenvalue weighted by molar-refractivity contribution is 5.88. The molecule has 2 amide bonds. The molecule has 0 fully saturated rings. The molecule has 2 N–H and O–H groups in total. The molecule has 0 aliphatic rings. The van der Waals surface area contributed by atoms with Crippen LogP contribution in [0.25, 0.3) is 10.8 Å². The largest absolute Gasteiger partial charge is 0.479 e. The number of rotatable bonds is 7. The average Bonchev–Trinajstić information content (AvgIpc) is 2.58. The van der Waals surface area contributed by atoms with Crippen LogP contribution in [0.1, 0.15) is 30.9 Å². The van der Waals surface area contributed by atoms with Crippen molar-refractivity contribution in [1.29, 1.82) is 0 Å². The molecule has 1 atom stereocenters. The van der Waals surface area contributed by atoms with Crippen molar-refractivity contribution in [2.45, 2.75) is 25.3 Å². The zero-order valence-electron chi connectivity index (χ0n) is 14.4. The molecule has 0 radical (unpaired) electrons. The smallest absolute Gasteiger partial charge is 0.330 e. The first-order valence-corrected chi connectivity index (χ1v) is 8.09. The Morgan fingerprint density at radius 2 is 1.72 bits per heavy atom. The first-order chi connectivity index (χ1) is 11.9. The van der Waals surface area contributed by atoms with Gasteiger partial charge in [-0.05, 0) is 28.8 Å². The lowest BCUT2D eigenvalue weighted by Crippen LogP contribution is -2.33. The Hall–Kier alpha value is -2.89. The predicted octanol–water partition coefficient (Wildman–Crippen LogP) is 2.34. The molecular weight excluding hydrogens is 320 g/mol. The van der Waals surface area contributed by atoms with Gasteiger partial charge in [0.05, 0.1) is 0 Å². The third-order valence-corrected chi connectivity index (χ3v) is 3.95. The van der Waals surface area contributed by atoms with Crippen LogP contribution in [0.5, 0.6) is 0 Å². The molecule has 2 aromatic rings. The number of amides is 2. The van der Waals surface area contributed by atoms with Crippen molar-refractivity contribution in [3.63, 3.8) is 0 Å². The van der Waals surface area contributed by atoms with E-state index in [4.69, 9.17) is 0 Å². The second kappa shape index (κ2) is 8.28. The fraction of sp³-hybridized carbons (Fsp3) is 0.316. The highest BCUT2D eigenvalue weighted by Crippen LogP contribution is 2.21. The highest BCUT2D eigenvalue weighted by atomic mass is 16.4. The van der Waals surface area contributed by atoms with Crippen molar-refractivity contribution in [2.24, 2.45) is 0 Å². The van der Waals surface area contributed by atoms with Crippen molar-refractivity contribution in [3.8, 4) is 0 Å². The predicted molar refractivity (Wildman–Crippen MR) is 95.0 cm³/mol. The van der Waals surface area contributed by atoms with E-state index in [1.165, 1.54) is 4.90 Å². The zero-order chi connectivity index (χ0) is 18.4. The minimum atomic E-state index is -1.12. The van der Waals surface area contributed by atoms with E-state index in [-0.39, 0.29) is 24.7 Å². The summed E-state index contributed by atoms with van der Waals surface area (Å²) in [4.78, 5) is 36.6. The molecule has 2 rings (SSSR count). The summed E-state index contributed by atoms with van der Waals surface area (Å²) >= 11 is 0. The normalized spacial score (nSPS) is 11.8. The fourth-order valence-corrected chi connectivity index (χ4v) is 2.53. The summed E-state index contributed by atoms with van der Waals surface area (Å²) in [5.41, 5.74) is 0.518. The Morgan fingerprint density at radius 1 is 1.04 bits per heavy atom. The summed E-state index contributed by atoms with van der Waals surface area (Å²) in [5.74, 6) is -1.56. The van der Waals surface area contributed by atoms with Crippen molar-refractivity contribution in [1.82, 2.24) is 10.2 Å². The Morgan fingerprint density at radius 3 is 2.36 bits per heavy atom. The van der Waals surface area contributed by atoms with E-state index >= 15 is 0 Å². The summed E-state index contributed by atoms with van der Waals surface area (Å²) in [5, 5.41) is 13.9. The number of benzene rings is 2. The highest BCUT2D eigenvalue weighted by Gasteiger charge is 2.22. The summed E-state index contributed by atoms with van der Waals surface area (Å²) in [6.07, 6.45) is 0.748. The third kappa shape index (κ3) is 5.04. The van der Waals surface area contributed by atoms with Gasteiger partial charge in [-0.2, -0.15) is 0 Å². The molecule has 0 aromatic heterocycles. The summed E-state index contributed by atoms with van der Waals surface area (Å²) in [6, 6.07) is 11.8. The quantitative estimate of drug-likeness (QED) is 0.808. The maximum Gasteiger partial charge on any atom is 0.330 e. The molecular formula is C19H22N2O4. The minimum absolute atomic E-state index is 0.0582. The summed E-state index contributed by atoms with van der Waals surface area (Å²) in [7, 11) is 3.31. The first-order valence-electron chi connectivity index (χ1n) is 8.09. The van der Waals surface area contributed by atoms with Crippen LogP contribution in [0.15, 0.2) is 42.5 Å². The average molecular weight is 342 g/mol. The fourth-order valence-electron chi connectivity index (χ4n) is 2.53. The topological polar surface area (TPSA) is 86.7 Å². The molecule has 0 spiro atoms. The Kier molecular flexibility index (Phi) is 6.11. The number of aliphatic carboxylic acids is 1. The van der Waals surface area contributed by atoms with Gasteiger partial charge >= 0.3 is 5.97 Å². The van der Waals surface area contributed by atoms with Gasteiger partial charge in [0, 0.05) is 26.9 Å². The molecule has 25 heavy (non-hydrogen) atoms. The van der Waals surface area contributed by atoms with Crippen LogP contribution in [0, 0.1) is 0 Å². The Labute approximate surface area is 146 Å². The van der Waals surface area contributed by atoms with E-state index in [2.05, 4.69) is 5.32 Å². The van der Waals surface area contributed by atoms with Crippen LogP contribution in [0.2, 0.25) is 0 Å². The van der Waals surface area contributed by atoms with E-state index in [9.17, 15) is 19.5 Å². The number of nitrogens with one attached hydrogen (secondary N) is 1. The van der Waals surface area contributed by atoms with E-state index in [1.807, 2.05) is 30.3 Å². The molecule has 0 saturated heterocycles. The second-order valence-corrected chi connectivity index (χ2v) is 6.09. The maximum atomic E-state index is 12.0. The van der Waals surface area contributed by atoms with E-state index in [0.717, 1.165) is 10.8 Å². The molecule has 0 heterocycles.